The van der Waals surface area contributed by atoms with Crippen LogP contribution in [0.1, 0.15) is 0 Å². The van der Waals surface area contributed by atoms with Crippen molar-refractivity contribution in [3.05, 3.63) is 170 Å². The van der Waals surface area contributed by atoms with Crippen molar-refractivity contribution in [3.8, 4) is 22.3 Å². The highest BCUT2D eigenvalue weighted by Crippen LogP contribution is 2.45. The van der Waals surface area contributed by atoms with Crippen LogP contribution in [0.3, 0.4) is 0 Å². The van der Waals surface area contributed by atoms with Crippen LogP contribution in [-0.4, -0.2) is 4.98 Å². The van der Waals surface area contributed by atoms with E-state index in [1.54, 1.807) is 11.3 Å². The van der Waals surface area contributed by atoms with Gasteiger partial charge in [0.15, 0.2) is 0 Å². The van der Waals surface area contributed by atoms with E-state index in [0.717, 1.165) is 27.3 Å². The van der Waals surface area contributed by atoms with Gasteiger partial charge in [-0.1, -0.05) is 109 Å². The first kappa shape index (κ1) is 28.2. The topological polar surface area (TPSA) is 16.1 Å². The average Bonchev–Trinajstić information content (AvgIpc) is 3.74. The van der Waals surface area contributed by atoms with Gasteiger partial charge in [-0.25, -0.2) is 4.98 Å². The fourth-order valence-electron chi connectivity index (χ4n) is 7.21. The Morgan fingerprint density at radius 1 is 0.429 bits per heavy atom. The van der Waals surface area contributed by atoms with Crippen LogP contribution in [0, 0.1) is 0 Å². The third-order valence-corrected chi connectivity index (χ3v) is 11.8. The average molecular weight is 661 g/mol. The molecule has 2 nitrogen and oxygen atoms in total. The Balaban J connectivity index is 1.11. The summed E-state index contributed by atoms with van der Waals surface area (Å²) in [5.41, 5.74) is 8.13. The normalized spacial score (nSPS) is 11.7. The number of hydrogen-bond acceptors (Lipinski definition) is 4. The zero-order chi connectivity index (χ0) is 32.3. The number of fused-ring (bicyclic) bond motifs is 7. The summed E-state index contributed by atoms with van der Waals surface area (Å²) in [4.78, 5) is 8.35. The van der Waals surface area contributed by atoms with Crippen molar-refractivity contribution in [3.63, 3.8) is 0 Å². The maximum atomic E-state index is 4.87. The first-order valence-corrected chi connectivity index (χ1v) is 18.1. The molecule has 230 valence electrons. The molecule has 10 aromatic rings. The first-order chi connectivity index (χ1) is 24.3. The minimum Gasteiger partial charge on any atom is -0.310 e. The Morgan fingerprint density at radius 3 is 1.84 bits per heavy atom. The van der Waals surface area contributed by atoms with E-state index in [0.29, 0.717) is 0 Å². The van der Waals surface area contributed by atoms with Crippen LogP contribution in [-0.2, 0) is 0 Å². The molecule has 3 aromatic heterocycles. The molecule has 0 radical (unpaired) electrons. The van der Waals surface area contributed by atoms with Crippen molar-refractivity contribution < 1.29 is 0 Å². The van der Waals surface area contributed by atoms with Gasteiger partial charge in [0, 0.05) is 58.8 Å². The highest BCUT2D eigenvalue weighted by molar-refractivity contribution is 7.26. The molecule has 0 aliphatic heterocycles. The van der Waals surface area contributed by atoms with Crippen LogP contribution in [0.15, 0.2) is 170 Å². The predicted octanol–water partition coefficient (Wildman–Crippen LogP) is 13.8. The van der Waals surface area contributed by atoms with Crippen LogP contribution in [0.5, 0.6) is 0 Å². The van der Waals surface area contributed by atoms with E-state index < -0.39 is 0 Å². The van der Waals surface area contributed by atoms with Gasteiger partial charge in [0.1, 0.15) is 4.83 Å². The molecule has 4 heteroatoms. The second-order valence-corrected chi connectivity index (χ2v) is 14.5. The SMILES string of the molecule is c1ccc2c(-c3ccc(N(c4ccc(-c5cnc6sc7ccccc7c6c5)cc4)c4cccc5sc6ccccc6c45)cc3)cccc2c1. The second-order valence-electron chi connectivity index (χ2n) is 12.4. The Morgan fingerprint density at radius 2 is 1.04 bits per heavy atom. The fraction of sp³-hybridized carbons (Fsp3) is 0. The van der Waals surface area contributed by atoms with Crippen molar-refractivity contribution in [1.29, 1.82) is 0 Å². The van der Waals surface area contributed by atoms with E-state index in [2.05, 4.69) is 169 Å². The molecule has 7 aromatic carbocycles. The summed E-state index contributed by atoms with van der Waals surface area (Å²) in [7, 11) is 0. The lowest BCUT2D eigenvalue weighted by molar-refractivity contribution is 1.30. The predicted molar refractivity (Wildman–Crippen MR) is 213 cm³/mol. The summed E-state index contributed by atoms with van der Waals surface area (Å²) in [5, 5.41) is 7.57. The van der Waals surface area contributed by atoms with Crippen LogP contribution in [0.25, 0.3) is 73.5 Å². The molecule has 0 bridgehead atoms. The van der Waals surface area contributed by atoms with Crippen molar-refractivity contribution >= 4 is 91.0 Å². The molecule has 3 heterocycles. The fourth-order valence-corrected chi connectivity index (χ4v) is 9.36. The zero-order valence-electron chi connectivity index (χ0n) is 26.4. The van der Waals surface area contributed by atoms with E-state index in [4.69, 9.17) is 4.98 Å². The first-order valence-electron chi connectivity index (χ1n) is 16.4. The number of nitrogens with zero attached hydrogens (tertiary/aromatic N) is 2. The zero-order valence-corrected chi connectivity index (χ0v) is 28.0. The smallest absolute Gasteiger partial charge is 0.124 e. The number of hydrogen-bond donors (Lipinski definition) is 0. The molecule has 10 rings (SSSR count). The summed E-state index contributed by atoms with van der Waals surface area (Å²) in [6.07, 6.45) is 2.01. The quantitative estimate of drug-likeness (QED) is 0.183. The van der Waals surface area contributed by atoms with E-state index in [1.807, 2.05) is 17.5 Å². The number of thiophene rings is 2. The van der Waals surface area contributed by atoms with Gasteiger partial charge >= 0.3 is 0 Å². The summed E-state index contributed by atoms with van der Waals surface area (Å²) in [6.45, 7) is 0. The lowest BCUT2D eigenvalue weighted by Gasteiger charge is -2.27. The number of pyridine rings is 1. The molecular formula is C45H28N2S2. The van der Waals surface area contributed by atoms with Gasteiger partial charge in [-0.05, 0) is 82.1 Å². The van der Waals surface area contributed by atoms with Gasteiger partial charge in [-0.15, -0.1) is 22.7 Å². The lowest BCUT2D eigenvalue weighted by Crippen LogP contribution is -2.10. The molecule has 0 spiro atoms. The Hall–Kier alpha value is -5.81. The van der Waals surface area contributed by atoms with Crippen molar-refractivity contribution in [1.82, 2.24) is 4.98 Å². The molecule has 0 unspecified atom stereocenters. The molecule has 49 heavy (non-hydrogen) atoms. The summed E-state index contributed by atoms with van der Waals surface area (Å²) in [5.74, 6) is 0. The van der Waals surface area contributed by atoms with Gasteiger partial charge in [-0.3, -0.25) is 0 Å². The number of aromatic nitrogens is 1. The van der Waals surface area contributed by atoms with Gasteiger partial charge < -0.3 is 4.90 Å². The van der Waals surface area contributed by atoms with Gasteiger partial charge in [0.25, 0.3) is 0 Å². The molecule has 0 aliphatic rings. The molecule has 0 fully saturated rings. The number of anilines is 3. The van der Waals surface area contributed by atoms with Crippen molar-refractivity contribution in [2.75, 3.05) is 4.90 Å². The van der Waals surface area contributed by atoms with Gasteiger partial charge in [-0.2, -0.15) is 0 Å². The standard InChI is InChI=1S/C45H28N2S2/c1-2-11-35-30(9-1)10-7-14-36(35)31-21-25-34(26-22-31)47(40-15-8-18-43-44(40)38-13-4-6-17-42(38)48-43)33-23-19-29(20-24-33)32-27-39-37-12-3-5-16-41(37)49-45(39)46-28-32/h1-28H. The molecule has 0 amide bonds. The van der Waals surface area contributed by atoms with E-state index >= 15 is 0 Å². The van der Waals surface area contributed by atoms with Crippen LogP contribution in [0.4, 0.5) is 17.1 Å². The second kappa shape index (κ2) is 11.4. The van der Waals surface area contributed by atoms with Crippen LogP contribution in [0.2, 0.25) is 0 Å². The monoisotopic (exact) mass is 660 g/mol. The minimum absolute atomic E-state index is 1.08. The van der Waals surface area contributed by atoms with E-state index in [-0.39, 0.29) is 0 Å². The highest BCUT2D eigenvalue weighted by atomic mass is 32.1. The minimum atomic E-state index is 1.08. The van der Waals surface area contributed by atoms with E-state index in [1.165, 1.54) is 63.2 Å². The van der Waals surface area contributed by atoms with Crippen LogP contribution >= 0.6 is 22.7 Å². The van der Waals surface area contributed by atoms with E-state index in [9.17, 15) is 0 Å². The molecule has 0 atom stereocenters. The Kier molecular flexibility index (Phi) is 6.57. The third-order valence-electron chi connectivity index (χ3n) is 9.54. The molecule has 0 saturated carbocycles. The molecular weight excluding hydrogens is 633 g/mol. The molecule has 0 saturated heterocycles. The Bertz CT molecular complexity index is 2820. The third kappa shape index (κ3) is 4.72. The highest BCUT2D eigenvalue weighted by Gasteiger charge is 2.19. The summed E-state index contributed by atoms with van der Waals surface area (Å²) < 4.78 is 3.86. The van der Waals surface area contributed by atoms with Gasteiger partial charge in [0.05, 0.1) is 5.69 Å². The lowest BCUT2D eigenvalue weighted by atomic mass is 9.98. The van der Waals surface area contributed by atoms with Crippen LogP contribution < -0.4 is 4.90 Å². The summed E-state index contributed by atoms with van der Waals surface area (Å²) in [6, 6.07) is 59.5. The maximum absolute atomic E-state index is 4.87. The van der Waals surface area contributed by atoms with Crippen molar-refractivity contribution in [2.24, 2.45) is 0 Å². The van der Waals surface area contributed by atoms with Crippen molar-refractivity contribution in [2.45, 2.75) is 0 Å². The van der Waals surface area contributed by atoms with Gasteiger partial charge in [0.2, 0.25) is 0 Å². The number of rotatable bonds is 5. The molecule has 0 aliphatic carbocycles. The largest absolute Gasteiger partial charge is 0.310 e. The maximum Gasteiger partial charge on any atom is 0.124 e. The molecule has 0 N–H and O–H groups in total. The number of benzene rings is 7. The summed E-state index contributed by atoms with van der Waals surface area (Å²) >= 11 is 3.61. The Labute approximate surface area is 291 Å².